The Labute approximate surface area is 139 Å². The number of hydrogen-bond donors (Lipinski definition) is 2. The standard InChI is InChI=1S/C13H10BrClN2OS2/c1-6-4-10(20-11(6)14)13(18)17-9-5-7(12(16)19)2-3-8(9)15/h2-5H,1H3,(H2,16,19)(H,17,18). The molecule has 104 valence electrons. The van der Waals surface area contributed by atoms with E-state index in [-0.39, 0.29) is 10.9 Å². The van der Waals surface area contributed by atoms with Crippen LogP contribution in [0.3, 0.4) is 0 Å². The smallest absolute Gasteiger partial charge is 0.265 e. The van der Waals surface area contributed by atoms with Crippen LogP contribution in [-0.4, -0.2) is 10.9 Å². The Morgan fingerprint density at radius 3 is 2.70 bits per heavy atom. The van der Waals surface area contributed by atoms with E-state index in [1.54, 1.807) is 18.2 Å². The van der Waals surface area contributed by atoms with Crippen molar-refractivity contribution in [2.24, 2.45) is 5.73 Å². The molecule has 1 heterocycles. The molecule has 2 aromatic rings. The number of nitrogens with two attached hydrogens (primary N) is 1. The molecule has 1 aromatic carbocycles. The van der Waals surface area contributed by atoms with E-state index in [2.05, 4.69) is 21.2 Å². The van der Waals surface area contributed by atoms with E-state index in [1.807, 2.05) is 13.0 Å². The van der Waals surface area contributed by atoms with Gasteiger partial charge < -0.3 is 11.1 Å². The second-order valence-electron chi connectivity index (χ2n) is 4.08. The minimum Gasteiger partial charge on any atom is -0.389 e. The number of amides is 1. The minimum absolute atomic E-state index is 0.217. The van der Waals surface area contributed by atoms with Crippen molar-refractivity contribution < 1.29 is 4.79 Å². The van der Waals surface area contributed by atoms with Crippen LogP contribution in [0.25, 0.3) is 0 Å². The molecule has 0 saturated heterocycles. The van der Waals surface area contributed by atoms with Gasteiger partial charge in [-0.05, 0) is 46.6 Å². The first-order valence-corrected chi connectivity index (χ1v) is 7.94. The predicted molar refractivity (Wildman–Crippen MR) is 92.0 cm³/mol. The molecule has 0 bridgehead atoms. The van der Waals surface area contributed by atoms with Gasteiger partial charge in [-0.3, -0.25) is 4.79 Å². The molecule has 0 aliphatic carbocycles. The Morgan fingerprint density at radius 1 is 1.45 bits per heavy atom. The molecule has 0 aliphatic heterocycles. The van der Waals surface area contributed by atoms with Crippen molar-refractivity contribution in [3.05, 3.63) is 49.1 Å². The third-order valence-electron chi connectivity index (χ3n) is 2.58. The number of hydrogen-bond acceptors (Lipinski definition) is 3. The number of benzene rings is 1. The number of carbonyl (C=O) groups is 1. The van der Waals surface area contributed by atoms with Gasteiger partial charge in [-0.15, -0.1) is 11.3 Å². The van der Waals surface area contributed by atoms with Gasteiger partial charge in [0.05, 0.1) is 19.4 Å². The summed E-state index contributed by atoms with van der Waals surface area (Å²) in [4.78, 5) is 13.0. The molecule has 0 fully saturated rings. The molecule has 3 nitrogen and oxygen atoms in total. The number of nitrogens with one attached hydrogen (secondary N) is 1. The van der Waals surface area contributed by atoms with E-state index < -0.39 is 0 Å². The molecule has 0 aliphatic rings. The molecule has 3 N–H and O–H groups in total. The molecule has 20 heavy (non-hydrogen) atoms. The summed E-state index contributed by atoms with van der Waals surface area (Å²) in [7, 11) is 0. The van der Waals surface area contributed by atoms with Crippen molar-refractivity contribution in [1.82, 2.24) is 0 Å². The van der Waals surface area contributed by atoms with Gasteiger partial charge >= 0.3 is 0 Å². The van der Waals surface area contributed by atoms with Crippen LogP contribution in [0.15, 0.2) is 28.1 Å². The molecule has 0 unspecified atom stereocenters. The number of rotatable bonds is 3. The summed E-state index contributed by atoms with van der Waals surface area (Å²) in [6.45, 7) is 1.93. The van der Waals surface area contributed by atoms with Crippen LogP contribution in [-0.2, 0) is 0 Å². The van der Waals surface area contributed by atoms with Crippen LogP contribution < -0.4 is 11.1 Å². The number of thiocarbonyl (C=S) groups is 1. The Bertz CT molecular complexity index is 680. The number of aryl methyl sites for hydroxylation is 1. The lowest BCUT2D eigenvalue weighted by molar-refractivity contribution is 0.103. The Balaban J connectivity index is 2.27. The lowest BCUT2D eigenvalue weighted by Crippen LogP contribution is -2.13. The van der Waals surface area contributed by atoms with Gasteiger partial charge in [-0.25, -0.2) is 0 Å². The fourth-order valence-corrected chi connectivity index (χ4v) is 3.25. The third kappa shape index (κ3) is 3.38. The maximum Gasteiger partial charge on any atom is 0.265 e. The van der Waals surface area contributed by atoms with Gasteiger partial charge in [-0.2, -0.15) is 0 Å². The monoisotopic (exact) mass is 388 g/mol. The van der Waals surface area contributed by atoms with Gasteiger partial charge in [0.15, 0.2) is 0 Å². The van der Waals surface area contributed by atoms with E-state index >= 15 is 0 Å². The summed E-state index contributed by atoms with van der Waals surface area (Å²) in [6.07, 6.45) is 0. The highest BCUT2D eigenvalue weighted by Crippen LogP contribution is 2.29. The van der Waals surface area contributed by atoms with Gasteiger partial charge in [0.1, 0.15) is 4.99 Å². The maximum atomic E-state index is 12.2. The topological polar surface area (TPSA) is 55.1 Å². The van der Waals surface area contributed by atoms with Gasteiger partial charge in [0.2, 0.25) is 0 Å². The lowest BCUT2D eigenvalue weighted by Gasteiger charge is -2.08. The fourth-order valence-electron chi connectivity index (χ4n) is 1.53. The number of thiophene rings is 1. The summed E-state index contributed by atoms with van der Waals surface area (Å²) in [5, 5.41) is 3.20. The van der Waals surface area contributed by atoms with Crippen molar-refractivity contribution in [1.29, 1.82) is 0 Å². The minimum atomic E-state index is -0.217. The van der Waals surface area contributed by atoms with Gasteiger partial charge in [0, 0.05) is 5.56 Å². The van der Waals surface area contributed by atoms with E-state index in [0.717, 1.165) is 9.35 Å². The summed E-state index contributed by atoms with van der Waals surface area (Å²) in [6, 6.07) is 6.85. The summed E-state index contributed by atoms with van der Waals surface area (Å²) < 4.78 is 0.936. The normalized spacial score (nSPS) is 10.3. The summed E-state index contributed by atoms with van der Waals surface area (Å²) in [5.74, 6) is -0.217. The van der Waals surface area contributed by atoms with E-state index in [9.17, 15) is 4.79 Å². The lowest BCUT2D eigenvalue weighted by atomic mass is 10.2. The van der Waals surface area contributed by atoms with E-state index in [0.29, 0.717) is 21.2 Å². The fraction of sp³-hybridized carbons (Fsp3) is 0.0769. The molecule has 0 atom stereocenters. The zero-order valence-corrected chi connectivity index (χ0v) is 14.3. The number of halogens is 2. The second kappa shape index (κ2) is 6.22. The summed E-state index contributed by atoms with van der Waals surface area (Å²) >= 11 is 15.7. The van der Waals surface area contributed by atoms with Gasteiger partial charge in [-0.1, -0.05) is 29.9 Å². The third-order valence-corrected chi connectivity index (χ3v) is 5.28. The molecule has 0 saturated carbocycles. The van der Waals surface area contributed by atoms with Crippen LogP contribution in [0.4, 0.5) is 5.69 Å². The molecule has 2 rings (SSSR count). The second-order valence-corrected chi connectivity index (χ2v) is 7.30. The Hall–Kier alpha value is -0.950. The van der Waals surface area contributed by atoms with Crippen LogP contribution in [0.5, 0.6) is 0 Å². The van der Waals surface area contributed by atoms with Crippen molar-refractivity contribution in [3.63, 3.8) is 0 Å². The highest BCUT2D eigenvalue weighted by molar-refractivity contribution is 9.11. The highest BCUT2D eigenvalue weighted by Gasteiger charge is 2.13. The summed E-state index contributed by atoms with van der Waals surface area (Å²) in [5.41, 5.74) is 7.73. The average Bonchev–Trinajstić information content (AvgIpc) is 2.72. The van der Waals surface area contributed by atoms with Crippen LogP contribution in [0, 0.1) is 6.92 Å². The molecule has 1 aromatic heterocycles. The zero-order valence-electron chi connectivity index (χ0n) is 10.4. The zero-order chi connectivity index (χ0) is 14.9. The quantitative estimate of drug-likeness (QED) is 0.767. The molecule has 0 radical (unpaired) electrons. The number of anilines is 1. The van der Waals surface area contributed by atoms with Crippen molar-refractivity contribution in [2.75, 3.05) is 5.32 Å². The largest absolute Gasteiger partial charge is 0.389 e. The molecule has 0 spiro atoms. The van der Waals surface area contributed by atoms with Crippen molar-refractivity contribution >= 4 is 67.7 Å². The molecular formula is C13H10BrClN2OS2. The Kier molecular flexibility index (Phi) is 4.80. The van der Waals surface area contributed by atoms with Crippen LogP contribution in [0.2, 0.25) is 5.02 Å². The van der Waals surface area contributed by atoms with Gasteiger partial charge in [0.25, 0.3) is 5.91 Å². The predicted octanol–water partition coefficient (Wildman–Crippen LogP) is 4.36. The SMILES string of the molecule is Cc1cc(C(=O)Nc2cc(C(N)=S)ccc2Cl)sc1Br. The first-order valence-electron chi connectivity index (χ1n) is 5.55. The Morgan fingerprint density at radius 2 is 2.15 bits per heavy atom. The first kappa shape index (κ1) is 15.4. The average molecular weight is 390 g/mol. The molecular weight excluding hydrogens is 380 g/mol. The number of carbonyl (C=O) groups excluding carboxylic acids is 1. The van der Waals surface area contributed by atoms with E-state index in [4.69, 9.17) is 29.6 Å². The van der Waals surface area contributed by atoms with Crippen molar-refractivity contribution in [3.8, 4) is 0 Å². The maximum absolute atomic E-state index is 12.2. The highest BCUT2D eigenvalue weighted by atomic mass is 79.9. The van der Waals surface area contributed by atoms with Crippen molar-refractivity contribution in [2.45, 2.75) is 6.92 Å². The first-order chi connectivity index (χ1) is 9.38. The molecule has 7 heteroatoms. The van der Waals surface area contributed by atoms with Crippen LogP contribution >= 0.6 is 51.1 Å². The van der Waals surface area contributed by atoms with E-state index in [1.165, 1.54) is 11.3 Å². The van der Waals surface area contributed by atoms with Crippen LogP contribution in [0.1, 0.15) is 20.8 Å². The molecule has 1 amide bonds.